The second-order valence-electron chi connectivity index (χ2n) is 4.04. The van der Waals surface area contributed by atoms with Gasteiger partial charge in [-0.2, -0.15) is 0 Å². The van der Waals surface area contributed by atoms with E-state index in [0.29, 0.717) is 24.2 Å². The van der Waals surface area contributed by atoms with E-state index >= 15 is 0 Å². The van der Waals surface area contributed by atoms with E-state index in [1.807, 2.05) is 17.5 Å². The molecule has 0 unspecified atom stereocenters. The van der Waals surface area contributed by atoms with Gasteiger partial charge < -0.3 is 5.32 Å². The molecule has 0 saturated carbocycles. The van der Waals surface area contributed by atoms with Gasteiger partial charge in [-0.1, -0.05) is 16.6 Å². The third-order valence-corrected chi connectivity index (χ3v) is 3.09. The first-order valence-electron chi connectivity index (χ1n) is 5.39. The normalized spacial score (nSPS) is 10.8. The van der Waals surface area contributed by atoms with E-state index < -0.39 is 0 Å². The van der Waals surface area contributed by atoms with Crippen LogP contribution in [0.3, 0.4) is 0 Å². The summed E-state index contributed by atoms with van der Waals surface area (Å²) in [5.74, 6) is -0.113. The van der Waals surface area contributed by atoms with E-state index in [9.17, 15) is 4.39 Å². The van der Waals surface area contributed by atoms with Crippen LogP contribution >= 0.6 is 11.5 Å². The topological polar surface area (TPSA) is 37.8 Å². The molecular weight excluding hydrogens is 237 g/mol. The summed E-state index contributed by atoms with van der Waals surface area (Å²) in [6.07, 6.45) is 0. The number of hydrogen-bond acceptors (Lipinski definition) is 4. The first-order chi connectivity index (χ1) is 8.16. The third kappa shape index (κ3) is 3.08. The fraction of sp³-hybridized carbons (Fsp3) is 0.333. The molecule has 1 heterocycles. The number of aromatic nitrogens is 2. The number of benzene rings is 1. The van der Waals surface area contributed by atoms with E-state index in [1.54, 1.807) is 13.8 Å². The third-order valence-electron chi connectivity index (χ3n) is 2.54. The van der Waals surface area contributed by atoms with Gasteiger partial charge in [0.2, 0.25) is 0 Å². The molecule has 0 aliphatic carbocycles. The Bertz CT molecular complexity index is 473. The lowest BCUT2D eigenvalue weighted by Gasteiger charge is -2.07. The molecule has 0 bridgehead atoms. The molecule has 0 aliphatic rings. The maximum Gasteiger partial charge on any atom is 0.129 e. The van der Waals surface area contributed by atoms with Gasteiger partial charge in [-0.15, -0.1) is 5.10 Å². The fourth-order valence-corrected chi connectivity index (χ4v) is 2.18. The van der Waals surface area contributed by atoms with E-state index in [4.69, 9.17) is 0 Å². The molecule has 90 valence electrons. The molecule has 0 aliphatic heterocycles. The Kier molecular flexibility index (Phi) is 3.81. The van der Waals surface area contributed by atoms with Crippen molar-refractivity contribution in [2.75, 3.05) is 0 Å². The quantitative estimate of drug-likeness (QED) is 0.907. The molecule has 1 aromatic heterocycles. The number of halogens is 1. The van der Waals surface area contributed by atoms with Gasteiger partial charge in [-0.05, 0) is 42.1 Å². The summed E-state index contributed by atoms with van der Waals surface area (Å²) in [6, 6.07) is 3.74. The number of aryl methyl sites for hydroxylation is 2. The Morgan fingerprint density at radius 1 is 1.24 bits per heavy atom. The van der Waals surface area contributed by atoms with Crippen LogP contribution in [-0.4, -0.2) is 9.59 Å². The number of nitrogens with one attached hydrogen (secondary N) is 1. The Labute approximate surface area is 104 Å². The minimum absolute atomic E-state index is 0.113. The molecule has 3 nitrogen and oxygen atoms in total. The number of nitrogens with zero attached hydrogens (tertiary/aromatic N) is 2. The van der Waals surface area contributed by atoms with Gasteiger partial charge in [0.15, 0.2) is 0 Å². The maximum atomic E-state index is 13.4. The summed E-state index contributed by atoms with van der Waals surface area (Å²) in [4.78, 5) is 0. The fourth-order valence-electron chi connectivity index (χ4n) is 1.73. The Hall–Kier alpha value is -1.33. The van der Waals surface area contributed by atoms with Gasteiger partial charge in [0.1, 0.15) is 5.82 Å². The van der Waals surface area contributed by atoms with Crippen molar-refractivity contribution in [3.63, 3.8) is 0 Å². The summed E-state index contributed by atoms with van der Waals surface area (Å²) in [7, 11) is 0. The number of hydrogen-bond donors (Lipinski definition) is 1. The van der Waals surface area contributed by atoms with Crippen LogP contribution < -0.4 is 5.32 Å². The zero-order valence-corrected chi connectivity index (χ0v) is 10.6. The predicted molar refractivity (Wildman–Crippen MR) is 66.3 cm³/mol. The SMILES string of the molecule is Cc1cc(CNCc2csnn2)cc(C)c1F. The molecule has 0 atom stereocenters. The van der Waals surface area contributed by atoms with Gasteiger partial charge in [-0.25, -0.2) is 4.39 Å². The lowest BCUT2D eigenvalue weighted by Crippen LogP contribution is -2.13. The lowest BCUT2D eigenvalue weighted by molar-refractivity contribution is 0.605. The minimum Gasteiger partial charge on any atom is -0.307 e. The molecule has 1 aromatic carbocycles. The van der Waals surface area contributed by atoms with Gasteiger partial charge in [0.25, 0.3) is 0 Å². The summed E-state index contributed by atoms with van der Waals surface area (Å²) < 4.78 is 17.2. The molecule has 2 rings (SSSR count). The average Bonchev–Trinajstić information content (AvgIpc) is 2.79. The summed E-state index contributed by atoms with van der Waals surface area (Å²) in [6.45, 7) is 4.97. The molecule has 0 spiro atoms. The first-order valence-corrected chi connectivity index (χ1v) is 6.23. The standard InChI is InChI=1S/C12H14FN3S/c1-8-3-10(4-9(2)12(8)13)5-14-6-11-7-17-16-15-11/h3-4,7,14H,5-6H2,1-2H3. The van der Waals surface area contributed by atoms with Gasteiger partial charge in [-0.3, -0.25) is 0 Å². The smallest absolute Gasteiger partial charge is 0.129 e. The molecule has 17 heavy (non-hydrogen) atoms. The van der Waals surface area contributed by atoms with Crippen LogP contribution in [0.4, 0.5) is 4.39 Å². The van der Waals surface area contributed by atoms with Crippen molar-refractivity contribution in [2.45, 2.75) is 26.9 Å². The summed E-state index contributed by atoms with van der Waals surface area (Å²) >= 11 is 1.34. The second kappa shape index (κ2) is 5.33. The molecular formula is C12H14FN3S. The van der Waals surface area contributed by atoms with Crippen molar-refractivity contribution in [1.29, 1.82) is 0 Å². The molecule has 0 amide bonds. The first kappa shape index (κ1) is 12.1. The maximum absolute atomic E-state index is 13.4. The summed E-state index contributed by atoms with van der Waals surface area (Å²) in [5.41, 5.74) is 3.41. The molecule has 0 fully saturated rings. The van der Waals surface area contributed by atoms with E-state index in [2.05, 4.69) is 14.9 Å². The second-order valence-corrected chi connectivity index (χ2v) is 4.65. The monoisotopic (exact) mass is 251 g/mol. The van der Waals surface area contributed by atoms with Crippen molar-refractivity contribution >= 4 is 11.5 Å². The van der Waals surface area contributed by atoms with Crippen molar-refractivity contribution in [3.8, 4) is 0 Å². The van der Waals surface area contributed by atoms with E-state index in [1.165, 1.54) is 11.5 Å². The van der Waals surface area contributed by atoms with E-state index in [-0.39, 0.29) is 5.82 Å². The van der Waals surface area contributed by atoms with Crippen LogP contribution in [-0.2, 0) is 13.1 Å². The van der Waals surface area contributed by atoms with Crippen LogP contribution in [0.25, 0.3) is 0 Å². The van der Waals surface area contributed by atoms with Crippen LogP contribution in [0.1, 0.15) is 22.4 Å². The van der Waals surface area contributed by atoms with Gasteiger partial charge in [0, 0.05) is 18.5 Å². The molecule has 0 radical (unpaired) electrons. The molecule has 5 heteroatoms. The zero-order valence-electron chi connectivity index (χ0n) is 9.83. The van der Waals surface area contributed by atoms with Crippen molar-refractivity contribution in [2.24, 2.45) is 0 Å². The Morgan fingerprint density at radius 2 is 1.94 bits per heavy atom. The van der Waals surface area contributed by atoms with Crippen molar-refractivity contribution in [1.82, 2.24) is 14.9 Å². The highest BCUT2D eigenvalue weighted by atomic mass is 32.1. The zero-order chi connectivity index (χ0) is 12.3. The summed E-state index contributed by atoms with van der Waals surface area (Å²) in [5, 5.41) is 9.11. The van der Waals surface area contributed by atoms with Crippen LogP contribution in [0.15, 0.2) is 17.5 Å². The molecule has 2 aromatic rings. The molecule has 1 N–H and O–H groups in total. The Balaban J connectivity index is 1.95. The average molecular weight is 251 g/mol. The van der Waals surface area contributed by atoms with Crippen LogP contribution in [0.2, 0.25) is 0 Å². The highest BCUT2D eigenvalue weighted by Gasteiger charge is 2.04. The number of rotatable bonds is 4. The highest BCUT2D eigenvalue weighted by Crippen LogP contribution is 2.14. The van der Waals surface area contributed by atoms with Crippen molar-refractivity contribution in [3.05, 3.63) is 45.7 Å². The lowest BCUT2D eigenvalue weighted by atomic mass is 10.1. The van der Waals surface area contributed by atoms with Gasteiger partial charge in [0.05, 0.1) is 5.69 Å². The van der Waals surface area contributed by atoms with Crippen LogP contribution in [0.5, 0.6) is 0 Å². The minimum atomic E-state index is -0.113. The predicted octanol–water partition coefficient (Wildman–Crippen LogP) is 2.58. The van der Waals surface area contributed by atoms with E-state index in [0.717, 1.165) is 11.3 Å². The highest BCUT2D eigenvalue weighted by molar-refractivity contribution is 7.03. The largest absolute Gasteiger partial charge is 0.307 e. The van der Waals surface area contributed by atoms with Crippen LogP contribution in [0, 0.1) is 19.7 Å². The van der Waals surface area contributed by atoms with Crippen molar-refractivity contribution < 1.29 is 4.39 Å². The Morgan fingerprint density at radius 3 is 2.53 bits per heavy atom. The molecule has 0 saturated heterocycles. The van der Waals surface area contributed by atoms with Gasteiger partial charge >= 0.3 is 0 Å².